The molecule has 2 N–H and O–H groups in total. The van der Waals surface area contributed by atoms with Gasteiger partial charge in [-0.25, -0.2) is 19.7 Å². The Balaban J connectivity index is 1.76. The van der Waals surface area contributed by atoms with Crippen molar-refractivity contribution in [2.45, 2.75) is 13.0 Å². The fraction of sp³-hybridized carbons (Fsp3) is 0.100. The van der Waals surface area contributed by atoms with Crippen molar-refractivity contribution in [3.8, 4) is 11.5 Å². The molecule has 0 radical (unpaired) electrons. The van der Waals surface area contributed by atoms with Crippen LogP contribution in [0.2, 0.25) is 0 Å². The molecule has 7 nitrogen and oxygen atoms in total. The first-order chi connectivity index (χ1) is 13.1. The molecular formula is C20H17N5O2. The zero-order valence-electron chi connectivity index (χ0n) is 14.6. The van der Waals surface area contributed by atoms with E-state index < -0.39 is 5.97 Å². The van der Waals surface area contributed by atoms with Crippen LogP contribution in [0.1, 0.15) is 28.9 Å². The van der Waals surface area contributed by atoms with Crippen LogP contribution in [0.5, 0.6) is 0 Å². The van der Waals surface area contributed by atoms with Crippen molar-refractivity contribution in [2.24, 2.45) is 0 Å². The van der Waals surface area contributed by atoms with E-state index in [9.17, 15) is 9.90 Å². The summed E-state index contributed by atoms with van der Waals surface area (Å²) in [5.74, 6) is -0.404. The highest BCUT2D eigenvalue weighted by molar-refractivity contribution is 5.93. The number of carbonyl (C=O) groups is 1. The Bertz CT molecular complexity index is 1110. The molecule has 3 aromatic heterocycles. The molecule has 27 heavy (non-hydrogen) atoms. The molecule has 3 heterocycles. The number of anilines is 1. The van der Waals surface area contributed by atoms with Crippen LogP contribution in [-0.4, -0.2) is 30.4 Å². The minimum Gasteiger partial charge on any atom is -0.477 e. The zero-order valence-corrected chi connectivity index (χ0v) is 14.6. The van der Waals surface area contributed by atoms with E-state index in [4.69, 9.17) is 0 Å². The van der Waals surface area contributed by atoms with Crippen LogP contribution in [0, 0.1) is 0 Å². The molecule has 0 saturated heterocycles. The summed E-state index contributed by atoms with van der Waals surface area (Å²) in [5, 5.41) is 12.7. The third kappa shape index (κ3) is 3.22. The molecule has 1 aromatic carbocycles. The number of nitrogens with zero attached hydrogens (tertiary/aromatic N) is 4. The summed E-state index contributed by atoms with van der Waals surface area (Å²) >= 11 is 0. The van der Waals surface area contributed by atoms with Crippen LogP contribution in [-0.2, 0) is 0 Å². The summed E-state index contributed by atoms with van der Waals surface area (Å²) < 4.78 is 1.86. The molecule has 1 atom stereocenters. The molecule has 4 rings (SSSR count). The first-order valence-electron chi connectivity index (χ1n) is 8.48. The molecule has 0 aliphatic rings. The number of aromatic nitrogens is 4. The number of carboxylic acids is 1. The number of benzene rings is 1. The number of hydrogen-bond acceptors (Lipinski definition) is 5. The Morgan fingerprint density at radius 2 is 1.85 bits per heavy atom. The number of imidazole rings is 1. The van der Waals surface area contributed by atoms with Crippen molar-refractivity contribution in [3.05, 3.63) is 78.2 Å². The van der Waals surface area contributed by atoms with E-state index in [-0.39, 0.29) is 17.4 Å². The second kappa shape index (κ2) is 6.87. The van der Waals surface area contributed by atoms with Gasteiger partial charge in [0.15, 0.2) is 5.82 Å². The lowest BCUT2D eigenvalue weighted by atomic mass is 10.1. The lowest BCUT2D eigenvalue weighted by Gasteiger charge is -2.17. The summed E-state index contributed by atoms with van der Waals surface area (Å²) in [6, 6.07) is 15.3. The number of hydrogen-bond donors (Lipinski definition) is 2. The molecule has 134 valence electrons. The average molecular weight is 359 g/mol. The summed E-state index contributed by atoms with van der Waals surface area (Å²) in [4.78, 5) is 24.7. The molecule has 0 unspecified atom stereocenters. The van der Waals surface area contributed by atoms with Gasteiger partial charge in [0, 0.05) is 18.4 Å². The van der Waals surface area contributed by atoms with E-state index in [1.54, 1.807) is 6.20 Å². The van der Waals surface area contributed by atoms with Gasteiger partial charge in [0.25, 0.3) is 0 Å². The van der Waals surface area contributed by atoms with Gasteiger partial charge in [-0.1, -0.05) is 36.4 Å². The van der Waals surface area contributed by atoms with E-state index in [1.165, 1.54) is 6.20 Å². The topological polar surface area (TPSA) is 92.4 Å². The first-order valence-corrected chi connectivity index (χ1v) is 8.48. The summed E-state index contributed by atoms with van der Waals surface area (Å²) in [6.07, 6.45) is 4.87. The predicted molar refractivity (Wildman–Crippen MR) is 102 cm³/mol. The molecule has 7 heteroatoms. The van der Waals surface area contributed by atoms with E-state index >= 15 is 0 Å². The van der Waals surface area contributed by atoms with Crippen LogP contribution >= 0.6 is 0 Å². The van der Waals surface area contributed by atoms with Gasteiger partial charge >= 0.3 is 5.97 Å². The smallest absolute Gasteiger partial charge is 0.341 e. The summed E-state index contributed by atoms with van der Waals surface area (Å²) in [7, 11) is 0. The standard InChI is InChI=1S/C20H17N5O2/c1-13(14-7-3-2-4-8-14)23-18-15(20(26)27)11-22-19(24-18)16-12-21-17-9-5-6-10-25(16)17/h2-13H,1H3,(H,26,27)(H,22,23,24)/t13-/m0/s1. The molecule has 0 aliphatic heterocycles. The monoisotopic (exact) mass is 359 g/mol. The predicted octanol–water partition coefficient (Wildman–Crippen LogP) is 3.66. The van der Waals surface area contributed by atoms with Crippen LogP contribution in [0.4, 0.5) is 5.82 Å². The molecule has 0 saturated carbocycles. The lowest BCUT2D eigenvalue weighted by Crippen LogP contribution is -2.13. The Labute approximate surface area is 155 Å². The van der Waals surface area contributed by atoms with Crippen LogP contribution in [0.3, 0.4) is 0 Å². The number of fused-ring (bicyclic) bond motifs is 1. The fourth-order valence-electron chi connectivity index (χ4n) is 2.90. The highest BCUT2D eigenvalue weighted by atomic mass is 16.4. The average Bonchev–Trinajstić information content (AvgIpc) is 3.12. The Morgan fingerprint density at radius 3 is 2.63 bits per heavy atom. The second-order valence-corrected chi connectivity index (χ2v) is 6.11. The lowest BCUT2D eigenvalue weighted by molar-refractivity contribution is 0.0697. The number of pyridine rings is 1. The summed E-state index contributed by atoms with van der Waals surface area (Å²) in [5.41, 5.74) is 2.52. The van der Waals surface area contributed by atoms with Crippen molar-refractivity contribution >= 4 is 17.4 Å². The van der Waals surface area contributed by atoms with Gasteiger partial charge in [-0.15, -0.1) is 0 Å². The highest BCUT2D eigenvalue weighted by Gasteiger charge is 2.18. The minimum absolute atomic E-state index is 0.0235. The molecule has 0 bridgehead atoms. The summed E-state index contributed by atoms with van der Waals surface area (Å²) in [6.45, 7) is 1.96. The fourth-order valence-corrected chi connectivity index (χ4v) is 2.90. The van der Waals surface area contributed by atoms with Gasteiger partial charge in [-0.05, 0) is 24.6 Å². The molecule has 0 aliphatic carbocycles. The first kappa shape index (κ1) is 16.7. The number of carboxylic acid groups (broad SMARTS) is 1. The Kier molecular flexibility index (Phi) is 4.25. The van der Waals surface area contributed by atoms with Crippen molar-refractivity contribution in [1.29, 1.82) is 0 Å². The van der Waals surface area contributed by atoms with E-state index in [1.807, 2.05) is 66.1 Å². The minimum atomic E-state index is -1.08. The number of aromatic carboxylic acids is 1. The van der Waals surface area contributed by atoms with Crippen LogP contribution < -0.4 is 5.32 Å². The second-order valence-electron chi connectivity index (χ2n) is 6.11. The zero-order chi connectivity index (χ0) is 18.8. The molecule has 0 fully saturated rings. The highest BCUT2D eigenvalue weighted by Crippen LogP contribution is 2.24. The van der Waals surface area contributed by atoms with Crippen LogP contribution in [0.25, 0.3) is 17.2 Å². The maximum atomic E-state index is 11.6. The quantitative estimate of drug-likeness (QED) is 0.565. The molecule has 0 spiro atoms. The number of nitrogens with one attached hydrogen (secondary N) is 1. The Hall–Kier alpha value is -3.74. The van der Waals surface area contributed by atoms with Gasteiger partial charge in [0.2, 0.25) is 0 Å². The van der Waals surface area contributed by atoms with Crippen molar-refractivity contribution in [1.82, 2.24) is 19.4 Å². The van der Waals surface area contributed by atoms with Gasteiger partial charge in [-0.3, -0.25) is 4.40 Å². The van der Waals surface area contributed by atoms with Crippen molar-refractivity contribution in [3.63, 3.8) is 0 Å². The third-order valence-corrected chi connectivity index (χ3v) is 4.32. The number of rotatable bonds is 5. The van der Waals surface area contributed by atoms with Gasteiger partial charge in [0.1, 0.15) is 22.7 Å². The van der Waals surface area contributed by atoms with E-state index in [2.05, 4.69) is 20.3 Å². The normalized spacial score (nSPS) is 12.0. The SMILES string of the molecule is C[C@H](Nc1nc(-c2cnc3ccccn23)ncc1C(=O)O)c1ccccc1. The van der Waals surface area contributed by atoms with Crippen LogP contribution in [0.15, 0.2) is 67.1 Å². The largest absolute Gasteiger partial charge is 0.477 e. The van der Waals surface area contributed by atoms with Gasteiger partial charge < -0.3 is 10.4 Å². The Morgan fingerprint density at radius 1 is 1.07 bits per heavy atom. The molecule has 4 aromatic rings. The molecule has 0 amide bonds. The third-order valence-electron chi connectivity index (χ3n) is 4.32. The maximum absolute atomic E-state index is 11.6. The van der Waals surface area contributed by atoms with Crippen molar-refractivity contribution in [2.75, 3.05) is 5.32 Å². The van der Waals surface area contributed by atoms with E-state index in [0.717, 1.165) is 11.2 Å². The van der Waals surface area contributed by atoms with Gasteiger partial charge in [0.05, 0.1) is 6.20 Å². The maximum Gasteiger partial charge on any atom is 0.341 e. The van der Waals surface area contributed by atoms with Crippen molar-refractivity contribution < 1.29 is 9.90 Å². The van der Waals surface area contributed by atoms with Gasteiger partial charge in [-0.2, -0.15) is 0 Å². The molecular weight excluding hydrogens is 342 g/mol. The van der Waals surface area contributed by atoms with E-state index in [0.29, 0.717) is 11.5 Å².